The van der Waals surface area contributed by atoms with E-state index < -0.39 is 5.97 Å². The number of nitrogens with one attached hydrogen (secondary N) is 1. The lowest BCUT2D eigenvalue weighted by molar-refractivity contribution is -0.144. The Balaban J connectivity index is 2.39. The SMILES string of the molecule is CCC[C@H](C)NC(=O)COC(=O)/C=C/c1cccc(OC)c1. The van der Waals surface area contributed by atoms with Crippen molar-refractivity contribution in [3.8, 4) is 5.75 Å². The number of hydrogen-bond acceptors (Lipinski definition) is 4. The fourth-order valence-corrected chi connectivity index (χ4v) is 1.92. The Kier molecular flexibility index (Phi) is 7.75. The van der Waals surface area contributed by atoms with Crippen molar-refractivity contribution in [2.45, 2.75) is 32.7 Å². The van der Waals surface area contributed by atoms with Crippen molar-refractivity contribution in [2.75, 3.05) is 13.7 Å². The van der Waals surface area contributed by atoms with Crippen molar-refractivity contribution in [3.63, 3.8) is 0 Å². The first-order chi connectivity index (χ1) is 10.5. The fraction of sp³-hybridized carbons (Fsp3) is 0.412. The van der Waals surface area contributed by atoms with E-state index >= 15 is 0 Å². The molecule has 0 saturated heterocycles. The summed E-state index contributed by atoms with van der Waals surface area (Å²) in [5.74, 6) is -0.134. The minimum absolute atomic E-state index is 0.0866. The summed E-state index contributed by atoms with van der Waals surface area (Å²) < 4.78 is 9.99. The molecule has 0 aliphatic rings. The average molecular weight is 305 g/mol. The number of hydrogen-bond donors (Lipinski definition) is 1. The van der Waals surface area contributed by atoms with Crippen LogP contribution in [0.4, 0.5) is 0 Å². The molecule has 1 aromatic carbocycles. The van der Waals surface area contributed by atoms with Crippen LogP contribution in [0, 0.1) is 0 Å². The Labute approximate surface area is 131 Å². The molecule has 0 radical (unpaired) electrons. The van der Waals surface area contributed by atoms with Gasteiger partial charge in [0, 0.05) is 12.1 Å². The van der Waals surface area contributed by atoms with Crippen LogP contribution in [0.2, 0.25) is 0 Å². The Bertz CT molecular complexity index is 525. The zero-order valence-electron chi connectivity index (χ0n) is 13.3. The van der Waals surface area contributed by atoms with E-state index in [1.54, 1.807) is 19.3 Å². The zero-order valence-corrected chi connectivity index (χ0v) is 13.3. The summed E-state index contributed by atoms with van der Waals surface area (Å²) in [6, 6.07) is 7.36. The summed E-state index contributed by atoms with van der Waals surface area (Å²) >= 11 is 0. The minimum atomic E-state index is -0.555. The van der Waals surface area contributed by atoms with Gasteiger partial charge in [0.05, 0.1) is 7.11 Å². The van der Waals surface area contributed by atoms with E-state index in [1.165, 1.54) is 6.08 Å². The number of carbonyl (C=O) groups is 2. The number of carbonyl (C=O) groups excluding carboxylic acids is 2. The summed E-state index contributed by atoms with van der Waals surface area (Å²) in [5, 5.41) is 2.77. The molecule has 1 rings (SSSR count). The van der Waals surface area contributed by atoms with Crippen LogP contribution in [0.1, 0.15) is 32.3 Å². The summed E-state index contributed by atoms with van der Waals surface area (Å²) in [4.78, 5) is 23.1. The third kappa shape index (κ3) is 6.92. The third-order valence-electron chi connectivity index (χ3n) is 2.98. The number of methoxy groups -OCH3 is 1. The van der Waals surface area contributed by atoms with Gasteiger partial charge in [-0.2, -0.15) is 0 Å². The van der Waals surface area contributed by atoms with E-state index in [0.717, 1.165) is 18.4 Å². The van der Waals surface area contributed by atoms with Gasteiger partial charge < -0.3 is 14.8 Å². The van der Waals surface area contributed by atoms with Crippen molar-refractivity contribution in [1.82, 2.24) is 5.32 Å². The second kappa shape index (κ2) is 9.60. The molecular formula is C17H23NO4. The lowest BCUT2D eigenvalue weighted by Crippen LogP contribution is -2.35. The lowest BCUT2D eigenvalue weighted by atomic mass is 10.2. The number of benzene rings is 1. The van der Waals surface area contributed by atoms with Crippen LogP contribution >= 0.6 is 0 Å². The number of ether oxygens (including phenoxy) is 2. The first-order valence-electron chi connectivity index (χ1n) is 7.33. The largest absolute Gasteiger partial charge is 0.497 e. The predicted molar refractivity (Wildman–Crippen MR) is 85.5 cm³/mol. The van der Waals surface area contributed by atoms with Crippen LogP contribution < -0.4 is 10.1 Å². The Morgan fingerprint density at radius 1 is 1.36 bits per heavy atom. The highest BCUT2D eigenvalue weighted by atomic mass is 16.5. The molecular weight excluding hydrogens is 282 g/mol. The molecule has 1 atom stereocenters. The van der Waals surface area contributed by atoms with E-state index in [1.807, 2.05) is 32.0 Å². The molecule has 5 nitrogen and oxygen atoms in total. The maximum atomic E-state index is 11.6. The second-order valence-electron chi connectivity index (χ2n) is 4.97. The molecule has 0 fully saturated rings. The van der Waals surface area contributed by atoms with Crippen molar-refractivity contribution in [3.05, 3.63) is 35.9 Å². The zero-order chi connectivity index (χ0) is 16.4. The highest BCUT2D eigenvalue weighted by Gasteiger charge is 2.08. The molecule has 0 spiro atoms. The molecule has 0 saturated carbocycles. The molecule has 0 aromatic heterocycles. The second-order valence-corrected chi connectivity index (χ2v) is 4.97. The normalized spacial score (nSPS) is 12.0. The Morgan fingerprint density at radius 2 is 2.14 bits per heavy atom. The minimum Gasteiger partial charge on any atom is -0.497 e. The molecule has 0 aliphatic heterocycles. The van der Waals surface area contributed by atoms with E-state index in [4.69, 9.17) is 9.47 Å². The monoisotopic (exact) mass is 305 g/mol. The van der Waals surface area contributed by atoms with Crippen LogP contribution in [0.3, 0.4) is 0 Å². The van der Waals surface area contributed by atoms with Crippen LogP contribution in [0.15, 0.2) is 30.3 Å². The molecule has 1 aromatic rings. The van der Waals surface area contributed by atoms with Gasteiger partial charge in [0.15, 0.2) is 6.61 Å². The molecule has 0 unspecified atom stereocenters. The van der Waals surface area contributed by atoms with Crippen LogP contribution in [0.5, 0.6) is 5.75 Å². The average Bonchev–Trinajstić information content (AvgIpc) is 2.51. The number of amides is 1. The maximum absolute atomic E-state index is 11.6. The smallest absolute Gasteiger partial charge is 0.331 e. The summed E-state index contributed by atoms with van der Waals surface area (Å²) in [6.45, 7) is 3.70. The maximum Gasteiger partial charge on any atom is 0.331 e. The lowest BCUT2D eigenvalue weighted by Gasteiger charge is -2.12. The van der Waals surface area contributed by atoms with E-state index in [0.29, 0.717) is 5.75 Å². The summed E-state index contributed by atoms with van der Waals surface area (Å²) in [5.41, 5.74) is 0.817. The van der Waals surface area contributed by atoms with Gasteiger partial charge in [-0.25, -0.2) is 4.79 Å². The van der Waals surface area contributed by atoms with Crippen molar-refractivity contribution >= 4 is 18.0 Å². The topological polar surface area (TPSA) is 64.6 Å². The Morgan fingerprint density at radius 3 is 2.82 bits per heavy atom. The van der Waals surface area contributed by atoms with Gasteiger partial charge in [-0.1, -0.05) is 25.5 Å². The molecule has 1 N–H and O–H groups in total. The third-order valence-corrected chi connectivity index (χ3v) is 2.98. The highest BCUT2D eigenvalue weighted by Crippen LogP contribution is 2.13. The quantitative estimate of drug-likeness (QED) is 0.592. The predicted octanol–water partition coefficient (Wildman–Crippen LogP) is 2.56. The summed E-state index contributed by atoms with van der Waals surface area (Å²) in [7, 11) is 1.58. The van der Waals surface area contributed by atoms with Crippen molar-refractivity contribution in [2.24, 2.45) is 0 Å². The molecule has 1 amide bonds. The Hall–Kier alpha value is -2.30. The number of rotatable bonds is 8. The number of esters is 1. The summed E-state index contributed by atoms with van der Waals surface area (Å²) in [6.07, 6.45) is 4.79. The van der Waals surface area contributed by atoms with E-state index in [9.17, 15) is 9.59 Å². The van der Waals surface area contributed by atoms with Gasteiger partial charge in [-0.15, -0.1) is 0 Å². The van der Waals surface area contributed by atoms with Crippen LogP contribution in [-0.4, -0.2) is 31.6 Å². The molecule has 0 aliphatic carbocycles. The van der Waals surface area contributed by atoms with Crippen molar-refractivity contribution < 1.29 is 19.1 Å². The van der Waals surface area contributed by atoms with Gasteiger partial charge in [-0.3, -0.25) is 4.79 Å². The van der Waals surface area contributed by atoms with Crippen LogP contribution in [0.25, 0.3) is 6.08 Å². The fourth-order valence-electron chi connectivity index (χ4n) is 1.92. The van der Waals surface area contributed by atoms with Crippen molar-refractivity contribution in [1.29, 1.82) is 0 Å². The highest BCUT2D eigenvalue weighted by molar-refractivity contribution is 5.89. The first kappa shape index (κ1) is 17.8. The van der Waals surface area contributed by atoms with Gasteiger partial charge >= 0.3 is 5.97 Å². The van der Waals surface area contributed by atoms with E-state index in [2.05, 4.69) is 5.32 Å². The standard InChI is InChI=1S/C17H23NO4/c1-4-6-13(2)18-16(19)12-22-17(20)10-9-14-7-5-8-15(11-14)21-3/h5,7-11,13H,4,6,12H2,1-3H3,(H,18,19)/b10-9+/t13-/m0/s1. The first-order valence-corrected chi connectivity index (χ1v) is 7.33. The van der Waals surface area contributed by atoms with Gasteiger partial charge in [0.2, 0.25) is 0 Å². The molecule has 120 valence electrons. The van der Waals surface area contributed by atoms with Crippen LogP contribution in [-0.2, 0) is 14.3 Å². The van der Waals surface area contributed by atoms with Gasteiger partial charge in [-0.05, 0) is 37.1 Å². The molecule has 22 heavy (non-hydrogen) atoms. The van der Waals surface area contributed by atoms with E-state index in [-0.39, 0.29) is 18.6 Å². The molecule has 0 bridgehead atoms. The van der Waals surface area contributed by atoms with Gasteiger partial charge in [0.25, 0.3) is 5.91 Å². The van der Waals surface area contributed by atoms with Gasteiger partial charge in [0.1, 0.15) is 5.75 Å². The molecule has 0 heterocycles. The molecule has 5 heteroatoms.